The summed E-state index contributed by atoms with van der Waals surface area (Å²) in [6.45, 7) is 5.89. The van der Waals surface area contributed by atoms with Crippen molar-refractivity contribution >= 4 is 43.9 Å². The fraction of sp³-hybridized carbons (Fsp3) is 0.346. The highest BCUT2D eigenvalue weighted by atomic mass is 32.1. The molecule has 0 bridgehead atoms. The fourth-order valence-corrected chi connectivity index (χ4v) is 5.62. The zero-order chi connectivity index (χ0) is 22.6. The molecule has 0 spiro atoms. The second-order valence-electron chi connectivity index (χ2n) is 8.69. The Bertz CT molecular complexity index is 1250. The number of halogens is 1. The molecule has 0 atom stereocenters. The fourth-order valence-electron chi connectivity index (χ4n) is 4.63. The van der Waals surface area contributed by atoms with Crippen LogP contribution in [0.5, 0.6) is 0 Å². The molecule has 3 heterocycles. The van der Waals surface area contributed by atoms with Crippen LogP contribution >= 0.6 is 11.3 Å². The molecule has 2 aromatic heterocycles. The van der Waals surface area contributed by atoms with Gasteiger partial charge in [-0.05, 0) is 74.8 Å². The first-order chi connectivity index (χ1) is 16.2. The van der Waals surface area contributed by atoms with Crippen LogP contribution in [0.3, 0.4) is 0 Å². The molecule has 1 fully saturated rings. The van der Waals surface area contributed by atoms with Crippen molar-refractivity contribution in [2.24, 2.45) is 0 Å². The molecule has 172 valence electrons. The first-order valence-electron chi connectivity index (χ1n) is 11.7. The average Bonchev–Trinajstić information content (AvgIpc) is 3.39. The predicted octanol–water partition coefficient (Wildman–Crippen LogP) is 5.24. The summed E-state index contributed by atoms with van der Waals surface area (Å²) in [5.74, 6) is -0.178. The monoisotopic (exact) mass is 464 g/mol. The maximum absolute atomic E-state index is 13.5. The van der Waals surface area contributed by atoms with E-state index in [0.29, 0.717) is 12.1 Å². The molecule has 5 rings (SSSR count). The number of fused-ring (bicyclic) bond motifs is 2. The lowest BCUT2D eigenvalue weighted by molar-refractivity contribution is 0.0952. The van der Waals surface area contributed by atoms with Crippen LogP contribution < -0.4 is 10.2 Å². The number of H-pyrrole nitrogens is 1. The van der Waals surface area contributed by atoms with E-state index in [1.54, 1.807) is 23.5 Å². The summed E-state index contributed by atoms with van der Waals surface area (Å²) < 4.78 is 14.5. The van der Waals surface area contributed by atoms with Crippen LogP contribution in [0.2, 0.25) is 0 Å². The van der Waals surface area contributed by atoms with Crippen LogP contribution in [0.15, 0.2) is 54.0 Å². The van der Waals surface area contributed by atoms with Gasteiger partial charge in [0.05, 0.1) is 5.69 Å². The van der Waals surface area contributed by atoms with Gasteiger partial charge in [0, 0.05) is 64.3 Å². The molecule has 1 saturated heterocycles. The van der Waals surface area contributed by atoms with Crippen LogP contribution in [-0.2, 0) is 0 Å². The van der Waals surface area contributed by atoms with E-state index in [9.17, 15) is 9.18 Å². The zero-order valence-corrected chi connectivity index (χ0v) is 19.5. The highest BCUT2D eigenvalue weighted by Gasteiger charge is 2.18. The molecular weight excluding hydrogens is 435 g/mol. The number of thiophene rings is 1. The zero-order valence-electron chi connectivity index (χ0n) is 18.6. The Morgan fingerprint density at radius 1 is 1.06 bits per heavy atom. The number of carbonyl (C=O) groups excluding carboxylic acids is 1. The summed E-state index contributed by atoms with van der Waals surface area (Å²) in [5, 5.41) is 7.42. The summed E-state index contributed by atoms with van der Waals surface area (Å²) in [5.41, 5.74) is 2.99. The van der Waals surface area contributed by atoms with Gasteiger partial charge in [0.1, 0.15) is 5.82 Å². The summed E-state index contributed by atoms with van der Waals surface area (Å²) >= 11 is 1.62. The number of hydrogen-bond donors (Lipinski definition) is 2. The number of carbonyl (C=O) groups is 1. The Labute approximate surface area is 197 Å². The van der Waals surface area contributed by atoms with Gasteiger partial charge in [-0.15, -0.1) is 11.3 Å². The molecule has 0 aliphatic carbocycles. The van der Waals surface area contributed by atoms with E-state index in [-0.39, 0.29) is 11.7 Å². The van der Waals surface area contributed by atoms with E-state index in [1.165, 1.54) is 5.69 Å². The van der Waals surface area contributed by atoms with Gasteiger partial charge in [-0.1, -0.05) is 0 Å². The van der Waals surface area contributed by atoms with Crippen molar-refractivity contribution in [1.82, 2.24) is 15.2 Å². The number of aromatic nitrogens is 1. The molecule has 1 aliphatic heterocycles. The Morgan fingerprint density at radius 2 is 2.00 bits per heavy atom. The summed E-state index contributed by atoms with van der Waals surface area (Å²) in [6.07, 6.45) is 5.05. The highest BCUT2D eigenvalue weighted by Crippen LogP contribution is 2.34. The molecule has 33 heavy (non-hydrogen) atoms. The molecule has 2 aromatic carbocycles. The first-order valence-corrected chi connectivity index (χ1v) is 12.5. The lowest BCUT2D eigenvalue weighted by atomic mass is 10.1. The Hall–Kier alpha value is -2.90. The maximum Gasteiger partial charge on any atom is 0.251 e. The van der Waals surface area contributed by atoms with Crippen molar-refractivity contribution in [1.29, 1.82) is 0 Å². The second-order valence-corrected chi connectivity index (χ2v) is 9.60. The number of nitrogens with one attached hydrogen (secondary N) is 2. The summed E-state index contributed by atoms with van der Waals surface area (Å²) in [4.78, 5) is 20.5. The van der Waals surface area contributed by atoms with Crippen molar-refractivity contribution in [3.63, 3.8) is 0 Å². The largest absolute Gasteiger partial charge is 0.369 e. The quantitative estimate of drug-likeness (QED) is 0.368. The SMILES string of the molecule is O=C(NCCCCN1CCCN(c2csc3cc(F)ccc23)CC1)c1ccc2[nH]ccc2c1. The Kier molecular flexibility index (Phi) is 6.60. The van der Waals surface area contributed by atoms with E-state index in [1.807, 2.05) is 36.5 Å². The van der Waals surface area contributed by atoms with E-state index in [0.717, 1.165) is 73.0 Å². The average molecular weight is 465 g/mol. The third-order valence-corrected chi connectivity index (χ3v) is 7.38. The number of aromatic amines is 1. The van der Waals surface area contributed by atoms with Gasteiger partial charge in [-0.25, -0.2) is 4.39 Å². The normalized spacial score (nSPS) is 15.2. The molecule has 1 amide bonds. The van der Waals surface area contributed by atoms with Gasteiger partial charge in [0.25, 0.3) is 5.91 Å². The van der Waals surface area contributed by atoms with E-state index in [4.69, 9.17) is 0 Å². The molecule has 5 nitrogen and oxygen atoms in total. The highest BCUT2D eigenvalue weighted by molar-refractivity contribution is 7.17. The van der Waals surface area contributed by atoms with Gasteiger partial charge in [0.15, 0.2) is 0 Å². The minimum absolute atomic E-state index is 0.00798. The van der Waals surface area contributed by atoms with Crippen LogP contribution in [-0.4, -0.2) is 55.1 Å². The van der Waals surface area contributed by atoms with Crippen LogP contribution in [0.25, 0.3) is 21.0 Å². The molecule has 0 unspecified atom stereocenters. The number of unbranched alkanes of at least 4 members (excludes halogenated alkanes) is 1. The van der Waals surface area contributed by atoms with E-state index >= 15 is 0 Å². The van der Waals surface area contributed by atoms with Crippen molar-refractivity contribution in [2.45, 2.75) is 19.3 Å². The smallest absolute Gasteiger partial charge is 0.251 e. The first kappa shape index (κ1) is 21.9. The predicted molar refractivity (Wildman–Crippen MR) is 135 cm³/mol. The van der Waals surface area contributed by atoms with Crippen molar-refractivity contribution in [3.8, 4) is 0 Å². The maximum atomic E-state index is 13.5. The number of anilines is 1. The van der Waals surface area contributed by atoms with E-state index < -0.39 is 0 Å². The number of rotatable bonds is 7. The molecular formula is C26H29FN4OS. The Morgan fingerprint density at radius 3 is 2.94 bits per heavy atom. The topological polar surface area (TPSA) is 51.4 Å². The van der Waals surface area contributed by atoms with Gasteiger partial charge in [0.2, 0.25) is 0 Å². The minimum atomic E-state index is -0.170. The summed E-state index contributed by atoms with van der Waals surface area (Å²) in [6, 6.07) is 12.8. The molecule has 2 N–H and O–H groups in total. The summed E-state index contributed by atoms with van der Waals surface area (Å²) in [7, 11) is 0. The van der Waals surface area contributed by atoms with Crippen LogP contribution in [0.4, 0.5) is 10.1 Å². The van der Waals surface area contributed by atoms with Gasteiger partial charge in [-0.3, -0.25) is 4.79 Å². The number of benzene rings is 2. The van der Waals surface area contributed by atoms with Gasteiger partial charge in [-0.2, -0.15) is 0 Å². The van der Waals surface area contributed by atoms with Crippen LogP contribution in [0, 0.1) is 5.82 Å². The minimum Gasteiger partial charge on any atom is -0.369 e. The Balaban J connectivity index is 1.06. The van der Waals surface area contributed by atoms with Gasteiger partial charge < -0.3 is 20.1 Å². The number of nitrogens with zero attached hydrogens (tertiary/aromatic N) is 2. The van der Waals surface area contributed by atoms with Gasteiger partial charge >= 0.3 is 0 Å². The standard InChI is InChI=1S/C26H29FN4OS/c27-21-5-6-22-24(18-33-25(22)17-21)31-13-3-12-30(14-15-31)11-2-1-9-29-26(32)20-4-7-23-19(16-20)8-10-28-23/h4-8,10,16-18,28H,1-3,9,11-15H2,(H,29,32). The van der Waals surface area contributed by atoms with E-state index in [2.05, 4.69) is 25.5 Å². The molecule has 0 radical (unpaired) electrons. The van der Waals surface area contributed by atoms with Crippen molar-refractivity contribution < 1.29 is 9.18 Å². The van der Waals surface area contributed by atoms with Crippen molar-refractivity contribution in [2.75, 3.05) is 44.2 Å². The molecule has 1 aliphatic rings. The number of amides is 1. The lowest BCUT2D eigenvalue weighted by Crippen LogP contribution is -2.31. The van der Waals surface area contributed by atoms with Crippen LogP contribution in [0.1, 0.15) is 29.6 Å². The second kappa shape index (κ2) is 9.93. The molecule has 7 heteroatoms. The third-order valence-electron chi connectivity index (χ3n) is 6.45. The lowest BCUT2D eigenvalue weighted by Gasteiger charge is -2.23. The third kappa shape index (κ3) is 5.04. The molecule has 0 saturated carbocycles. The van der Waals surface area contributed by atoms with Crippen molar-refractivity contribution in [3.05, 3.63) is 65.4 Å². The number of hydrogen-bond acceptors (Lipinski definition) is 4. The molecule has 4 aromatic rings.